The predicted molar refractivity (Wildman–Crippen MR) is 93.1 cm³/mol. The molecule has 1 aromatic carbocycles. The van der Waals surface area contributed by atoms with Gasteiger partial charge < -0.3 is 10.0 Å². The molecule has 3 rings (SSSR count). The molecule has 1 atom stereocenters. The van der Waals surface area contributed by atoms with Crippen molar-refractivity contribution in [2.45, 2.75) is 30.6 Å². The van der Waals surface area contributed by atoms with Crippen LogP contribution in [0, 0.1) is 16.0 Å². The first-order valence-electron chi connectivity index (χ1n) is 8.58. The predicted octanol–water partition coefficient (Wildman–Crippen LogP) is 1.59. The lowest BCUT2D eigenvalue weighted by Crippen LogP contribution is -2.37. The molecule has 0 radical (unpaired) electrons. The van der Waals surface area contributed by atoms with Gasteiger partial charge in [-0.15, -0.1) is 0 Å². The van der Waals surface area contributed by atoms with Crippen LogP contribution in [0.5, 0.6) is 0 Å². The van der Waals surface area contributed by atoms with Crippen molar-refractivity contribution in [3.05, 3.63) is 28.3 Å². The van der Waals surface area contributed by atoms with Gasteiger partial charge in [-0.25, -0.2) is 8.42 Å². The average Bonchev–Trinajstić information content (AvgIpc) is 3.16. The van der Waals surface area contributed by atoms with E-state index >= 15 is 0 Å². The molecular formula is C16H23N3O5S. The maximum atomic E-state index is 12.7. The molecule has 9 heteroatoms. The summed E-state index contributed by atoms with van der Waals surface area (Å²) in [5, 5.41) is 20.9. The fourth-order valence-corrected chi connectivity index (χ4v) is 5.13. The third kappa shape index (κ3) is 3.63. The van der Waals surface area contributed by atoms with Crippen molar-refractivity contribution in [3.63, 3.8) is 0 Å². The van der Waals surface area contributed by atoms with Gasteiger partial charge in [0, 0.05) is 38.9 Å². The van der Waals surface area contributed by atoms with E-state index in [2.05, 4.69) is 0 Å². The van der Waals surface area contributed by atoms with E-state index in [4.69, 9.17) is 0 Å². The quantitative estimate of drug-likeness (QED) is 0.624. The third-order valence-electron chi connectivity index (χ3n) is 4.96. The largest absolute Gasteiger partial charge is 0.396 e. The Labute approximate surface area is 147 Å². The molecule has 0 spiro atoms. The standard InChI is InChI=1S/C16H23N3O5S/c20-12-13-4-3-7-17(11-13)15-6-5-14(10-16(15)19(21)22)25(23,24)18-8-1-2-9-18/h5-6,10,13,20H,1-4,7-9,11-12H2/t13-/m1/s1. The third-order valence-corrected chi connectivity index (χ3v) is 6.86. The van der Waals surface area contributed by atoms with Crippen LogP contribution in [0.15, 0.2) is 23.1 Å². The van der Waals surface area contributed by atoms with Crippen molar-refractivity contribution in [1.82, 2.24) is 4.31 Å². The van der Waals surface area contributed by atoms with Gasteiger partial charge in [0.05, 0.1) is 9.82 Å². The molecular weight excluding hydrogens is 346 g/mol. The molecule has 8 nitrogen and oxygen atoms in total. The van der Waals surface area contributed by atoms with Gasteiger partial charge in [0.15, 0.2) is 0 Å². The highest BCUT2D eigenvalue weighted by Gasteiger charge is 2.31. The summed E-state index contributed by atoms with van der Waals surface area (Å²) in [6.07, 6.45) is 3.36. The Kier molecular flexibility index (Phi) is 5.26. The highest BCUT2D eigenvalue weighted by Crippen LogP contribution is 2.34. The van der Waals surface area contributed by atoms with Crippen LogP contribution < -0.4 is 4.90 Å². The first kappa shape index (κ1) is 18.1. The number of nitro benzene ring substituents is 1. The monoisotopic (exact) mass is 369 g/mol. The van der Waals surface area contributed by atoms with Crippen molar-refractivity contribution < 1.29 is 18.4 Å². The van der Waals surface area contributed by atoms with Crippen LogP contribution in [0.3, 0.4) is 0 Å². The van der Waals surface area contributed by atoms with Crippen LogP contribution in [-0.4, -0.2) is 55.5 Å². The van der Waals surface area contributed by atoms with Crippen molar-refractivity contribution >= 4 is 21.4 Å². The van der Waals surface area contributed by atoms with Crippen molar-refractivity contribution in [2.75, 3.05) is 37.7 Å². The van der Waals surface area contributed by atoms with Crippen molar-refractivity contribution in [3.8, 4) is 0 Å². The molecule has 2 saturated heterocycles. The molecule has 1 aromatic rings. The van der Waals surface area contributed by atoms with Crippen LogP contribution in [0.2, 0.25) is 0 Å². The minimum atomic E-state index is -3.69. The zero-order valence-electron chi connectivity index (χ0n) is 14.0. The second-order valence-corrected chi connectivity index (χ2v) is 8.59. The number of piperidine rings is 1. The topological polar surface area (TPSA) is 104 Å². The van der Waals surface area contributed by atoms with Gasteiger partial charge in [-0.3, -0.25) is 10.1 Å². The number of anilines is 1. The fourth-order valence-electron chi connectivity index (χ4n) is 3.59. The van der Waals surface area contributed by atoms with E-state index in [9.17, 15) is 23.6 Å². The summed E-state index contributed by atoms with van der Waals surface area (Å²) in [6, 6.07) is 4.16. The highest BCUT2D eigenvalue weighted by molar-refractivity contribution is 7.89. The summed E-state index contributed by atoms with van der Waals surface area (Å²) in [5.41, 5.74) is 0.224. The van der Waals surface area contributed by atoms with E-state index in [1.54, 1.807) is 0 Å². The average molecular weight is 369 g/mol. The lowest BCUT2D eigenvalue weighted by molar-refractivity contribution is -0.384. The molecule has 2 aliphatic heterocycles. The molecule has 25 heavy (non-hydrogen) atoms. The second-order valence-electron chi connectivity index (χ2n) is 6.66. The van der Waals surface area contributed by atoms with Crippen LogP contribution in [0.4, 0.5) is 11.4 Å². The summed E-state index contributed by atoms with van der Waals surface area (Å²) in [6.45, 7) is 2.17. The summed E-state index contributed by atoms with van der Waals surface area (Å²) in [7, 11) is -3.69. The van der Waals surface area contributed by atoms with E-state index < -0.39 is 14.9 Å². The van der Waals surface area contributed by atoms with Gasteiger partial charge in [-0.2, -0.15) is 4.31 Å². The minimum absolute atomic E-state index is 0.0273. The molecule has 0 aromatic heterocycles. The zero-order valence-corrected chi connectivity index (χ0v) is 14.8. The van der Waals surface area contributed by atoms with E-state index in [0.29, 0.717) is 31.9 Å². The number of aliphatic hydroxyl groups is 1. The lowest BCUT2D eigenvalue weighted by Gasteiger charge is -2.33. The van der Waals surface area contributed by atoms with Crippen molar-refractivity contribution in [1.29, 1.82) is 0 Å². The number of aliphatic hydroxyl groups excluding tert-OH is 1. The lowest BCUT2D eigenvalue weighted by atomic mass is 9.98. The van der Waals surface area contributed by atoms with Crippen LogP contribution >= 0.6 is 0 Å². The number of rotatable bonds is 5. The number of nitro groups is 1. The van der Waals surface area contributed by atoms with E-state index in [1.165, 1.54) is 22.5 Å². The van der Waals surface area contributed by atoms with Gasteiger partial charge in [0.25, 0.3) is 5.69 Å². The second kappa shape index (κ2) is 7.27. The molecule has 0 saturated carbocycles. The number of hydrogen-bond donors (Lipinski definition) is 1. The van der Waals surface area contributed by atoms with Crippen LogP contribution in [0.1, 0.15) is 25.7 Å². The van der Waals surface area contributed by atoms with Gasteiger partial charge in [-0.1, -0.05) is 0 Å². The van der Waals surface area contributed by atoms with Gasteiger partial charge in [-0.05, 0) is 43.7 Å². The van der Waals surface area contributed by atoms with Crippen molar-refractivity contribution in [2.24, 2.45) is 5.92 Å². The summed E-state index contributed by atoms with van der Waals surface area (Å²) in [5.74, 6) is 0.0846. The Morgan fingerprint density at radius 3 is 2.56 bits per heavy atom. The number of benzene rings is 1. The maximum Gasteiger partial charge on any atom is 0.293 e. The Bertz CT molecular complexity index is 746. The van der Waals surface area contributed by atoms with E-state index in [1.807, 2.05) is 4.90 Å². The Balaban J connectivity index is 1.94. The summed E-state index contributed by atoms with van der Waals surface area (Å²) >= 11 is 0. The normalized spacial score (nSPS) is 22.3. The number of nitrogens with zero attached hydrogens (tertiary/aromatic N) is 3. The highest BCUT2D eigenvalue weighted by atomic mass is 32.2. The SMILES string of the molecule is O=[N+]([O-])c1cc(S(=O)(=O)N2CCCC2)ccc1N1CCC[C@@H](CO)C1. The first-order valence-corrected chi connectivity index (χ1v) is 10.0. The fraction of sp³-hybridized carbons (Fsp3) is 0.625. The molecule has 0 bridgehead atoms. The molecule has 0 unspecified atom stereocenters. The molecule has 2 fully saturated rings. The Morgan fingerprint density at radius 2 is 1.92 bits per heavy atom. The van der Waals surface area contributed by atoms with Gasteiger partial charge >= 0.3 is 0 Å². The van der Waals surface area contributed by atoms with Gasteiger partial charge in [0.1, 0.15) is 5.69 Å². The molecule has 0 aliphatic carbocycles. The Morgan fingerprint density at radius 1 is 1.20 bits per heavy atom. The Hall–Kier alpha value is -1.71. The molecule has 138 valence electrons. The van der Waals surface area contributed by atoms with Crippen LogP contribution in [-0.2, 0) is 10.0 Å². The minimum Gasteiger partial charge on any atom is -0.396 e. The molecule has 0 amide bonds. The van der Waals surface area contributed by atoms with E-state index in [0.717, 1.165) is 25.7 Å². The van der Waals surface area contributed by atoms with E-state index in [-0.39, 0.29) is 23.1 Å². The molecule has 2 heterocycles. The summed E-state index contributed by atoms with van der Waals surface area (Å²) in [4.78, 5) is 12.9. The van der Waals surface area contributed by atoms with Gasteiger partial charge in [0.2, 0.25) is 10.0 Å². The summed E-state index contributed by atoms with van der Waals surface area (Å²) < 4.78 is 26.7. The maximum absolute atomic E-state index is 12.7. The molecule has 1 N–H and O–H groups in total. The number of hydrogen-bond acceptors (Lipinski definition) is 6. The molecule has 2 aliphatic rings. The zero-order chi connectivity index (χ0) is 18.0. The smallest absolute Gasteiger partial charge is 0.293 e. The van der Waals surface area contributed by atoms with Crippen LogP contribution in [0.25, 0.3) is 0 Å². The first-order chi connectivity index (χ1) is 11.9. The number of sulfonamides is 1.